The van der Waals surface area contributed by atoms with Crippen LogP contribution in [0.3, 0.4) is 0 Å². The highest BCUT2D eigenvalue weighted by atomic mass is 15.2. The molecule has 0 aliphatic heterocycles. The number of nitrogens with one attached hydrogen (secondary N) is 1. The van der Waals surface area contributed by atoms with Crippen LogP contribution in [0.15, 0.2) is 24.3 Å². The molecule has 1 unspecified atom stereocenters. The number of aromatic nitrogens is 2. The molecule has 0 fully saturated rings. The van der Waals surface area contributed by atoms with Crippen LogP contribution in [0.5, 0.6) is 0 Å². The molecule has 106 valence electrons. The average Bonchev–Trinajstić information content (AvgIpc) is 2.38. The van der Waals surface area contributed by atoms with Crippen LogP contribution < -0.4 is 11.3 Å². The summed E-state index contributed by atoms with van der Waals surface area (Å²) in [6.07, 6.45) is 0.838. The molecular weight excluding hydrogens is 248 g/mol. The fourth-order valence-corrected chi connectivity index (χ4v) is 2.60. The van der Waals surface area contributed by atoms with Crippen molar-refractivity contribution in [2.75, 3.05) is 0 Å². The number of benzene rings is 1. The summed E-state index contributed by atoms with van der Waals surface area (Å²) in [4.78, 5) is 0. The van der Waals surface area contributed by atoms with Gasteiger partial charge in [0.2, 0.25) is 0 Å². The lowest BCUT2D eigenvalue weighted by molar-refractivity contribution is 0.544. The Bertz CT molecular complexity index is 587. The van der Waals surface area contributed by atoms with Gasteiger partial charge in [0.15, 0.2) is 0 Å². The first-order valence-corrected chi connectivity index (χ1v) is 6.83. The average molecular weight is 270 g/mol. The Morgan fingerprint density at radius 1 is 1.00 bits per heavy atom. The van der Waals surface area contributed by atoms with E-state index in [2.05, 4.69) is 53.7 Å². The second-order valence-electron chi connectivity index (χ2n) is 5.45. The van der Waals surface area contributed by atoms with Gasteiger partial charge in [-0.2, -0.15) is 10.2 Å². The first-order valence-electron chi connectivity index (χ1n) is 6.83. The second-order valence-corrected chi connectivity index (χ2v) is 5.45. The van der Waals surface area contributed by atoms with Crippen molar-refractivity contribution in [3.05, 3.63) is 57.9 Å². The van der Waals surface area contributed by atoms with Gasteiger partial charge in [-0.1, -0.05) is 29.3 Å². The number of hydrogen-bond acceptors (Lipinski definition) is 4. The molecule has 0 radical (unpaired) electrons. The topological polar surface area (TPSA) is 63.8 Å². The number of hydrogen-bond donors (Lipinski definition) is 2. The van der Waals surface area contributed by atoms with Crippen LogP contribution >= 0.6 is 0 Å². The van der Waals surface area contributed by atoms with E-state index in [0.717, 1.165) is 23.4 Å². The third-order valence-corrected chi connectivity index (χ3v) is 3.44. The molecule has 4 nitrogen and oxygen atoms in total. The van der Waals surface area contributed by atoms with Crippen molar-refractivity contribution in [1.29, 1.82) is 0 Å². The molecule has 1 atom stereocenters. The highest BCUT2D eigenvalue weighted by Crippen LogP contribution is 2.21. The molecule has 2 rings (SSSR count). The van der Waals surface area contributed by atoms with Crippen LogP contribution in [-0.2, 0) is 6.42 Å². The third-order valence-electron chi connectivity index (χ3n) is 3.44. The maximum Gasteiger partial charge on any atom is 0.0648 e. The van der Waals surface area contributed by atoms with Gasteiger partial charge in [-0.25, -0.2) is 0 Å². The van der Waals surface area contributed by atoms with Crippen molar-refractivity contribution in [3.8, 4) is 0 Å². The van der Waals surface area contributed by atoms with Crippen molar-refractivity contribution < 1.29 is 0 Å². The van der Waals surface area contributed by atoms with Gasteiger partial charge in [0.05, 0.1) is 17.4 Å². The molecule has 20 heavy (non-hydrogen) atoms. The quantitative estimate of drug-likeness (QED) is 0.661. The highest BCUT2D eigenvalue weighted by molar-refractivity contribution is 5.31. The molecule has 0 amide bonds. The number of nitrogens with two attached hydrogens (primary N) is 1. The molecule has 0 saturated carbocycles. The minimum Gasteiger partial charge on any atom is -0.271 e. The number of hydrazine groups is 1. The minimum atomic E-state index is 0.0467. The van der Waals surface area contributed by atoms with E-state index in [4.69, 9.17) is 5.84 Å². The lowest BCUT2D eigenvalue weighted by Gasteiger charge is -2.18. The first-order chi connectivity index (χ1) is 9.49. The molecule has 0 spiro atoms. The Balaban J connectivity index is 2.31. The summed E-state index contributed by atoms with van der Waals surface area (Å²) in [7, 11) is 0. The molecular formula is C16H22N4. The Morgan fingerprint density at radius 3 is 2.25 bits per heavy atom. The summed E-state index contributed by atoms with van der Waals surface area (Å²) in [5, 5.41) is 8.25. The summed E-state index contributed by atoms with van der Waals surface area (Å²) in [6.45, 7) is 8.14. The molecule has 1 aromatic heterocycles. The van der Waals surface area contributed by atoms with Gasteiger partial charge in [0, 0.05) is 0 Å². The molecule has 0 aliphatic carbocycles. The molecule has 0 saturated heterocycles. The van der Waals surface area contributed by atoms with Gasteiger partial charge in [-0.05, 0) is 51.3 Å². The summed E-state index contributed by atoms with van der Waals surface area (Å²) in [6, 6.07) is 8.68. The maximum absolute atomic E-state index is 5.75. The van der Waals surface area contributed by atoms with Crippen LogP contribution in [-0.4, -0.2) is 10.2 Å². The lowest BCUT2D eigenvalue weighted by Crippen LogP contribution is -2.30. The van der Waals surface area contributed by atoms with Crippen molar-refractivity contribution in [2.24, 2.45) is 5.84 Å². The smallest absolute Gasteiger partial charge is 0.0648 e. The van der Waals surface area contributed by atoms with Crippen LogP contribution in [0, 0.1) is 27.7 Å². The fourth-order valence-electron chi connectivity index (χ4n) is 2.60. The van der Waals surface area contributed by atoms with Gasteiger partial charge in [0.1, 0.15) is 0 Å². The monoisotopic (exact) mass is 270 g/mol. The van der Waals surface area contributed by atoms with Gasteiger partial charge in [-0.15, -0.1) is 0 Å². The van der Waals surface area contributed by atoms with Crippen LogP contribution in [0.4, 0.5) is 0 Å². The molecule has 0 aliphatic rings. The van der Waals surface area contributed by atoms with Crippen molar-refractivity contribution >= 4 is 0 Å². The van der Waals surface area contributed by atoms with E-state index < -0.39 is 0 Å². The summed E-state index contributed by atoms with van der Waals surface area (Å²) in [5.74, 6) is 5.75. The summed E-state index contributed by atoms with van der Waals surface area (Å²) in [5.41, 5.74) is 9.67. The van der Waals surface area contributed by atoms with E-state index in [9.17, 15) is 0 Å². The minimum absolute atomic E-state index is 0.0467. The summed E-state index contributed by atoms with van der Waals surface area (Å²) >= 11 is 0. The van der Waals surface area contributed by atoms with E-state index in [1.165, 1.54) is 16.7 Å². The van der Waals surface area contributed by atoms with Crippen molar-refractivity contribution in [2.45, 2.75) is 40.2 Å². The van der Waals surface area contributed by atoms with E-state index in [-0.39, 0.29) is 6.04 Å². The predicted octanol–water partition coefficient (Wildman–Crippen LogP) is 2.46. The SMILES string of the molecule is Cc1cc(C)cc(CC(NN)c2cc(C)nnc2C)c1. The Hall–Kier alpha value is -1.78. The number of rotatable bonds is 4. The molecule has 0 bridgehead atoms. The predicted molar refractivity (Wildman–Crippen MR) is 81.2 cm³/mol. The van der Waals surface area contributed by atoms with Crippen LogP contribution in [0.25, 0.3) is 0 Å². The van der Waals surface area contributed by atoms with Gasteiger partial charge in [0.25, 0.3) is 0 Å². The van der Waals surface area contributed by atoms with E-state index in [1.54, 1.807) is 0 Å². The van der Waals surface area contributed by atoms with E-state index in [1.807, 2.05) is 13.8 Å². The maximum atomic E-state index is 5.75. The first kappa shape index (κ1) is 14.6. The Morgan fingerprint density at radius 2 is 1.65 bits per heavy atom. The Labute approximate surface area is 120 Å². The molecule has 4 heteroatoms. The van der Waals surface area contributed by atoms with E-state index in [0.29, 0.717) is 0 Å². The third kappa shape index (κ3) is 3.40. The number of nitrogens with zero attached hydrogens (tertiary/aromatic N) is 2. The summed E-state index contributed by atoms with van der Waals surface area (Å²) < 4.78 is 0. The van der Waals surface area contributed by atoms with Crippen LogP contribution in [0.1, 0.15) is 39.7 Å². The molecule has 2 aromatic rings. The molecule has 1 aromatic carbocycles. The lowest BCUT2D eigenvalue weighted by atomic mass is 9.96. The molecule has 3 N–H and O–H groups in total. The van der Waals surface area contributed by atoms with Crippen molar-refractivity contribution in [3.63, 3.8) is 0 Å². The Kier molecular flexibility index (Phi) is 4.47. The zero-order valence-corrected chi connectivity index (χ0v) is 12.6. The van der Waals surface area contributed by atoms with Gasteiger partial charge < -0.3 is 0 Å². The van der Waals surface area contributed by atoms with Gasteiger partial charge in [-0.3, -0.25) is 11.3 Å². The normalized spacial score (nSPS) is 12.4. The zero-order valence-electron chi connectivity index (χ0n) is 12.6. The highest BCUT2D eigenvalue weighted by Gasteiger charge is 2.15. The molecule has 1 heterocycles. The standard InChI is InChI=1S/C16H22N4/c1-10-5-11(2)7-14(6-10)9-16(18-17)15-8-12(3)19-20-13(15)4/h5-8,16,18H,9,17H2,1-4H3. The van der Waals surface area contributed by atoms with Crippen LogP contribution in [0.2, 0.25) is 0 Å². The van der Waals surface area contributed by atoms with E-state index >= 15 is 0 Å². The van der Waals surface area contributed by atoms with Gasteiger partial charge >= 0.3 is 0 Å². The fraction of sp³-hybridized carbons (Fsp3) is 0.375. The zero-order chi connectivity index (χ0) is 14.7. The number of aryl methyl sites for hydroxylation is 4. The van der Waals surface area contributed by atoms with Crippen molar-refractivity contribution in [1.82, 2.24) is 15.6 Å². The second kappa shape index (κ2) is 6.11. The largest absolute Gasteiger partial charge is 0.271 e.